The largest absolute Gasteiger partial charge is 0.383 e. The maximum Gasteiger partial charge on any atom is 0.0590 e. The number of nitrogens with zero attached hydrogens (tertiary/aromatic N) is 1. The molecule has 1 saturated carbocycles. The summed E-state index contributed by atoms with van der Waals surface area (Å²) in [5.74, 6) is 0.844. The predicted octanol–water partition coefficient (Wildman–Crippen LogP) is 3.27. The van der Waals surface area contributed by atoms with E-state index >= 15 is 0 Å². The van der Waals surface area contributed by atoms with Gasteiger partial charge in [-0.2, -0.15) is 11.3 Å². The van der Waals surface area contributed by atoms with Crippen molar-refractivity contribution in [1.82, 2.24) is 4.90 Å². The van der Waals surface area contributed by atoms with Crippen LogP contribution in [0.1, 0.15) is 44.7 Å². The van der Waals surface area contributed by atoms with Crippen molar-refractivity contribution in [1.29, 1.82) is 0 Å². The fourth-order valence-corrected chi connectivity index (χ4v) is 3.68. The van der Waals surface area contributed by atoms with Crippen LogP contribution < -0.4 is 5.73 Å². The van der Waals surface area contributed by atoms with E-state index in [9.17, 15) is 0 Å². The number of ether oxygens (including phenoxy) is 1. The topological polar surface area (TPSA) is 38.5 Å². The molecule has 3 atom stereocenters. The van der Waals surface area contributed by atoms with Crippen molar-refractivity contribution >= 4 is 11.3 Å². The minimum absolute atomic E-state index is 0.183. The Labute approximate surface area is 127 Å². The van der Waals surface area contributed by atoms with E-state index in [0.29, 0.717) is 12.1 Å². The average Bonchev–Trinajstić information content (AvgIpc) is 3.18. The highest BCUT2D eigenvalue weighted by molar-refractivity contribution is 7.07. The Morgan fingerprint density at radius 3 is 2.75 bits per heavy atom. The number of nitrogens with two attached hydrogens (primary N) is 1. The molecular weight excluding hydrogens is 268 g/mol. The van der Waals surface area contributed by atoms with Crippen molar-refractivity contribution in [2.24, 2.45) is 11.7 Å². The molecule has 0 saturated heterocycles. The van der Waals surface area contributed by atoms with E-state index in [1.54, 1.807) is 18.4 Å². The van der Waals surface area contributed by atoms with Gasteiger partial charge in [-0.3, -0.25) is 4.90 Å². The van der Waals surface area contributed by atoms with E-state index in [-0.39, 0.29) is 6.04 Å². The molecule has 0 spiro atoms. The van der Waals surface area contributed by atoms with E-state index in [1.807, 2.05) is 0 Å². The lowest BCUT2D eigenvalue weighted by molar-refractivity contribution is 0.0690. The Bertz CT molecular complexity index is 378. The Kier molecular flexibility index (Phi) is 6.02. The fourth-order valence-electron chi connectivity index (χ4n) is 2.99. The lowest BCUT2D eigenvalue weighted by atomic mass is 9.96. The summed E-state index contributed by atoms with van der Waals surface area (Å²) in [5.41, 5.74) is 7.83. The quantitative estimate of drug-likeness (QED) is 0.760. The second-order valence-electron chi connectivity index (χ2n) is 5.88. The third kappa shape index (κ3) is 3.82. The van der Waals surface area contributed by atoms with Crippen LogP contribution in [-0.2, 0) is 4.74 Å². The molecule has 0 aromatic carbocycles. The van der Waals surface area contributed by atoms with Gasteiger partial charge in [0.2, 0.25) is 0 Å². The molecule has 3 unspecified atom stereocenters. The molecule has 1 aliphatic rings. The lowest BCUT2D eigenvalue weighted by Crippen LogP contribution is -2.47. The molecule has 1 aromatic rings. The number of methoxy groups -OCH3 is 1. The Morgan fingerprint density at radius 2 is 2.25 bits per heavy atom. The van der Waals surface area contributed by atoms with Gasteiger partial charge in [0.1, 0.15) is 0 Å². The minimum Gasteiger partial charge on any atom is -0.383 e. The second-order valence-corrected chi connectivity index (χ2v) is 6.66. The van der Waals surface area contributed by atoms with Crippen LogP contribution >= 0.6 is 11.3 Å². The molecule has 1 aromatic heterocycles. The smallest absolute Gasteiger partial charge is 0.0590 e. The molecule has 0 bridgehead atoms. The van der Waals surface area contributed by atoms with Crippen LogP contribution in [0.25, 0.3) is 0 Å². The number of hydrogen-bond donors (Lipinski definition) is 1. The number of hydrogen-bond acceptors (Lipinski definition) is 4. The zero-order valence-electron chi connectivity index (χ0n) is 12.9. The summed E-state index contributed by atoms with van der Waals surface area (Å²) in [5, 5.41) is 4.40. The van der Waals surface area contributed by atoms with E-state index in [4.69, 9.17) is 10.5 Å². The summed E-state index contributed by atoms with van der Waals surface area (Å²) in [6.45, 7) is 6.27. The van der Waals surface area contributed by atoms with E-state index in [0.717, 1.165) is 25.5 Å². The predicted molar refractivity (Wildman–Crippen MR) is 86.1 cm³/mol. The van der Waals surface area contributed by atoms with Crippen molar-refractivity contribution in [3.8, 4) is 0 Å². The highest BCUT2D eigenvalue weighted by Crippen LogP contribution is 2.39. The average molecular weight is 296 g/mol. The maximum absolute atomic E-state index is 6.46. The monoisotopic (exact) mass is 296 g/mol. The molecule has 2 rings (SSSR count). The molecule has 2 N–H and O–H groups in total. The molecule has 0 aliphatic heterocycles. The van der Waals surface area contributed by atoms with E-state index in [2.05, 4.69) is 35.6 Å². The first-order chi connectivity index (χ1) is 9.69. The highest BCUT2D eigenvalue weighted by Gasteiger charge is 2.37. The first kappa shape index (κ1) is 16.0. The van der Waals surface area contributed by atoms with Crippen molar-refractivity contribution in [2.75, 3.05) is 20.3 Å². The molecule has 0 radical (unpaired) electrons. The van der Waals surface area contributed by atoms with Crippen LogP contribution in [0.2, 0.25) is 0 Å². The van der Waals surface area contributed by atoms with Gasteiger partial charge < -0.3 is 10.5 Å². The third-order valence-corrected chi connectivity index (χ3v) is 5.20. The van der Waals surface area contributed by atoms with Crippen LogP contribution in [0, 0.1) is 5.92 Å². The van der Waals surface area contributed by atoms with Gasteiger partial charge in [-0.05, 0) is 54.5 Å². The van der Waals surface area contributed by atoms with Crippen molar-refractivity contribution in [3.05, 3.63) is 22.4 Å². The summed E-state index contributed by atoms with van der Waals surface area (Å²) in [4.78, 5) is 2.58. The van der Waals surface area contributed by atoms with Crippen LogP contribution in [0.15, 0.2) is 16.8 Å². The molecule has 1 aliphatic carbocycles. The van der Waals surface area contributed by atoms with Gasteiger partial charge in [0.25, 0.3) is 0 Å². The number of thiophene rings is 1. The SMILES string of the molecule is CCC(N)C(c1ccsc1)N(CCOC)C(C)C1CC1. The van der Waals surface area contributed by atoms with Crippen molar-refractivity contribution < 1.29 is 4.74 Å². The first-order valence-electron chi connectivity index (χ1n) is 7.71. The lowest BCUT2D eigenvalue weighted by Gasteiger charge is -2.39. The van der Waals surface area contributed by atoms with Gasteiger partial charge in [-0.1, -0.05) is 6.92 Å². The van der Waals surface area contributed by atoms with Gasteiger partial charge >= 0.3 is 0 Å². The molecule has 3 nitrogen and oxygen atoms in total. The van der Waals surface area contributed by atoms with Crippen LogP contribution in [-0.4, -0.2) is 37.2 Å². The van der Waals surface area contributed by atoms with Gasteiger partial charge in [0.05, 0.1) is 12.6 Å². The Hall–Kier alpha value is -0.420. The molecule has 20 heavy (non-hydrogen) atoms. The zero-order valence-corrected chi connectivity index (χ0v) is 13.7. The second kappa shape index (κ2) is 7.55. The maximum atomic E-state index is 6.46. The first-order valence-corrected chi connectivity index (χ1v) is 8.65. The standard InChI is InChI=1S/C16H28N2OS/c1-4-15(17)16(14-7-10-20-11-14)18(8-9-19-3)12(2)13-5-6-13/h7,10-13,15-16H,4-6,8-9,17H2,1-3H3. The molecule has 1 heterocycles. The molecule has 114 valence electrons. The van der Waals surface area contributed by atoms with Crippen LogP contribution in [0.5, 0.6) is 0 Å². The van der Waals surface area contributed by atoms with Crippen LogP contribution in [0.3, 0.4) is 0 Å². The molecule has 1 fully saturated rings. The molecule has 0 amide bonds. The summed E-state index contributed by atoms with van der Waals surface area (Å²) in [6, 6.07) is 3.32. The summed E-state index contributed by atoms with van der Waals surface area (Å²) < 4.78 is 5.32. The minimum atomic E-state index is 0.183. The van der Waals surface area contributed by atoms with Gasteiger partial charge in [0.15, 0.2) is 0 Å². The fraction of sp³-hybridized carbons (Fsp3) is 0.750. The van der Waals surface area contributed by atoms with E-state index in [1.165, 1.54) is 18.4 Å². The summed E-state index contributed by atoms with van der Waals surface area (Å²) in [6.07, 6.45) is 3.73. The van der Waals surface area contributed by atoms with Crippen molar-refractivity contribution in [2.45, 2.75) is 51.2 Å². The third-order valence-electron chi connectivity index (χ3n) is 4.50. The summed E-state index contributed by atoms with van der Waals surface area (Å²) >= 11 is 1.76. The normalized spacial score (nSPS) is 20.1. The van der Waals surface area contributed by atoms with Gasteiger partial charge in [-0.25, -0.2) is 0 Å². The van der Waals surface area contributed by atoms with Crippen LogP contribution in [0.4, 0.5) is 0 Å². The molecule has 4 heteroatoms. The summed E-state index contributed by atoms with van der Waals surface area (Å²) in [7, 11) is 1.78. The van der Waals surface area contributed by atoms with Gasteiger partial charge in [0, 0.05) is 25.7 Å². The zero-order chi connectivity index (χ0) is 14.5. The van der Waals surface area contributed by atoms with Crippen molar-refractivity contribution in [3.63, 3.8) is 0 Å². The van der Waals surface area contributed by atoms with Gasteiger partial charge in [-0.15, -0.1) is 0 Å². The Morgan fingerprint density at radius 1 is 1.50 bits per heavy atom. The molecular formula is C16H28N2OS. The highest BCUT2D eigenvalue weighted by atomic mass is 32.1. The Balaban J connectivity index is 2.19. The number of rotatable bonds is 9. The van der Waals surface area contributed by atoms with E-state index < -0.39 is 0 Å².